The minimum absolute atomic E-state index is 0.203. The third-order valence-corrected chi connectivity index (χ3v) is 3.61. The van der Waals surface area contributed by atoms with Crippen molar-refractivity contribution in [3.8, 4) is 0 Å². The minimum Gasteiger partial charge on any atom is -0.453 e. The van der Waals surface area contributed by atoms with Crippen LogP contribution in [0.15, 0.2) is 21.2 Å². The molecule has 1 unspecified atom stereocenters. The summed E-state index contributed by atoms with van der Waals surface area (Å²) in [4.78, 5) is 2.46. The maximum Gasteiger partial charge on any atom is 0.169 e. The molecule has 0 aliphatic rings. The molecule has 0 spiro atoms. The fraction of sp³-hybridized carbons (Fsp3) is 0.714. The van der Waals surface area contributed by atoms with E-state index < -0.39 is 0 Å². The Bertz CT molecular complexity index is 319. The maximum atomic E-state index is 5.94. The molecule has 3 nitrogen and oxygen atoms in total. The van der Waals surface area contributed by atoms with Crippen molar-refractivity contribution in [2.45, 2.75) is 45.6 Å². The summed E-state index contributed by atoms with van der Waals surface area (Å²) >= 11 is 3.36. The van der Waals surface area contributed by atoms with Crippen LogP contribution in [0, 0.1) is 0 Å². The molecule has 18 heavy (non-hydrogen) atoms. The summed E-state index contributed by atoms with van der Waals surface area (Å²) in [7, 11) is 0. The smallest absolute Gasteiger partial charge is 0.169 e. The SMILES string of the molecule is CCCCN(CCCC)C(CN)c1ccc(Br)o1. The van der Waals surface area contributed by atoms with E-state index >= 15 is 0 Å². The van der Waals surface area contributed by atoms with Crippen LogP contribution in [0.3, 0.4) is 0 Å². The first-order valence-electron chi connectivity index (χ1n) is 6.92. The number of nitrogens with zero attached hydrogens (tertiary/aromatic N) is 1. The van der Waals surface area contributed by atoms with Crippen molar-refractivity contribution < 1.29 is 4.42 Å². The van der Waals surface area contributed by atoms with Gasteiger partial charge >= 0.3 is 0 Å². The Balaban J connectivity index is 2.71. The number of furan rings is 1. The van der Waals surface area contributed by atoms with Gasteiger partial charge in [-0.05, 0) is 54.0 Å². The maximum absolute atomic E-state index is 5.94. The number of nitrogens with two attached hydrogens (primary N) is 1. The van der Waals surface area contributed by atoms with Crippen LogP contribution in [0.5, 0.6) is 0 Å². The largest absolute Gasteiger partial charge is 0.453 e. The molecule has 1 heterocycles. The van der Waals surface area contributed by atoms with Crippen LogP contribution in [0.1, 0.15) is 51.3 Å². The predicted molar refractivity (Wildman–Crippen MR) is 79.6 cm³/mol. The predicted octanol–water partition coefficient (Wildman–Crippen LogP) is 3.94. The molecule has 1 rings (SSSR count). The van der Waals surface area contributed by atoms with E-state index in [-0.39, 0.29) is 6.04 Å². The molecule has 0 amide bonds. The van der Waals surface area contributed by atoms with Crippen molar-refractivity contribution >= 4 is 15.9 Å². The van der Waals surface area contributed by atoms with Crippen LogP contribution in [-0.4, -0.2) is 24.5 Å². The van der Waals surface area contributed by atoms with Gasteiger partial charge in [-0.25, -0.2) is 0 Å². The van der Waals surface area contributed by atoms with Gasteiger partial charge in [0, 0.05) is 6.54 Å². The highest BCUT2D eigenvalue weighted by Crippen LogP contribution is 2.25. The molecule has 2 N–H and O–H groups in total. The van der Waals surface area contributed by atoms with Gasteiger partial charge in [0.1, 0.15) is 5.76 Å². The van der Waals surface area contributed by atoms with Crippen LogP contribution in [-0.2, 0) is 0 Å². The van der Waals surface area contributed by atoms with E-state index in [4.69, 9.17) is 10.2 Å². The lowest BCUT2D eigenvalue weighted by Crippen LogP contribution is -2.35. The summed E-state index contributed by atoms with van der Waals surface area (Å²) in [5, 5.41) is 0. The quantitative estimate of drug-likeness (QED) is 0.750. The standard InChI is InChI=1S/C14H25BrN2O/c1-3-5-9-17(10-6-4-2)12(11-16)13-7-8-14(15)18-13/h7-8,12H,3-6,9-11,16H2,1-2H3. The second-order valence-corrected chi connectivity index (χ2v) is 5.42. The van der Waals surface area contributed by atoms with Gasteiger partial charge in [-0.1, -0.05) is 26.7 Å². The molecule has 4 heteroatoms. The Morgan fingerprint density at radius 2 is 1.83 bits per heavy atom. The summed E-state index contributed by atoms with van der Waals surface area (Å²) in [5.74, 6) is 0.969. The highest BCUT2D eigenvalue weighted by molar-refractivity contribution is 9.10. The van der Waals surface area contributed by atoms with Crippen molar-refractivity contribution in [2.24, 2.45) is 5.73 Å². The Hall–Kier alpha value is -0.320. The van der Waals surface area contributed by atoms with E-state index in [9.17, 15) is 0 Å². The fourth-order valence-electron chi connectivity index (χ4n) is 2.10. The second kappa shape index (κ2) is 8.73. The molecule has 0 saturated carbocycles. The van der Waals surface area contributed by atoms with Crippen molar-refractivity contribution in [3.63, 3.8) is 0 Å². The van der Waals surface area contributed by atoms with Crippen LogP contribution >= 0.6 is 15.9 Å². The number of rotatable bonds is 9. The first kappa shape index (κ1) is 15.7. The average Bonchev–Trinajstić information content (AvgIpc) is 2.79. The number of hydrogen-bond acceptors (Lipinski definition) is 3. The van der Waals surface area contributed by atoms with Gasteiger partial charge in [0.25, 0.3) is 0 Å². The second-order valence-electron chi connectivity index (χ2n) is 4.64. The van der Waals surface area contributed by atoms with Gasteiger partial charge in [-0.2, -0.15) is 0 Å². The lowest BCUT2D eigenvalue weighted by molar-refractivity contribution is 0.173. The van der Waals surface area contributed by atoms with E-state index in [1.54, 1.807) is 0 Å². The molecule has 104 valence electrons. The highest BCUT2D eigenvalue weighted by Gasteiger charge is 2.21. The van der Waals surface area contributed by atoms with Crippen LogP contribution in [0.2, 0.25) is 0 Å². The zero-order chi connectivity index (χ0) is 13.4. The zero-order valence-electron chi connectivity index (χ0n) is 11.5. The van der Waals surface area contributed by atoms with E-state index in [1.165, 1.54) is 25.7 Å². The summed E-state index contributed by atoms with van der Waals surface area (Å²) in [6.07, 6.45) is 4.84. The molecule has 0 saturated heterocycles. The highest BCUT2D eigenvalue weighted by atomic mass is 79.9. The third-order valence-electron chi connectivity index (χ3n) is 3.18. The summed E-state index contributed by atoms with van der Waals surface area (Å²) < 4.78 is 6.45. The lowest BCUT2D eigenvalue weighted by Gasteiger charge is -2.29. The van der Waals surface area contributed by atoms with Crippen molar-refractivity contribution in [3.05, 3.63) is 22.6 Å². The molecule has 1 aromatic rings. The van der Waals surface area contributed by atoms with Crippen molar-refractivity contribution in [2.75, 3.05) is 19.6 Å². The Morgan fingerprint density at radius 3 is 2.22 bits per heavy atom. The number of halogens is 1. The minimum atomic E-state index is 0.203. The summed E-state index contributed by atoms with van der Waals surface area (Å²) in [5.41, 5.74) is 5.94. The monoisotopic (exact) mass is 316 g/mol. The van der Waals surface area contributed by atoms with E-state index in [0.29, 0.717) is 6.54 Å². The third kappa shape index (κ3) is 4.75. The van der Waals surface area contributed by atoms with E-state index in [0.717, 1.165) is 23.5 Å². The number of hydrogen-bond donors (Lipinski definition) is 1. The molecule has 1 atom stereocenters. The molecule has 0 aliphatic carbocycles. The average molecular weight is 317 g/mol. The van der Waals surface area contributed by atoms with E-state index in [2.05, 4.69) is 34.7 Å². The molecule has 0 radical (unpaired) electrons. The molecular formula is C14H25BrN2O. The fourth-order valence-corrected chi connectivity index (χ4v) is 2.42. The van der Waals surface area contributed by atoms with Gasteiger partial charge in [-0.3, -0.25) is 4.90 Å². The topological polar surface area (TPSA) is 42.4 Å². The summed E-state index contributed by atoms with van der Waals surface area (Å²) in [6.45, 7) is 7.23. The summed E-state index contributed by atoms with van der Waals surface area (Å²) in [6, 6.07) is 4.16. The molecule has 0 aliphatic heterocycles. The molecule has 0 fully saturated rings. The van der Waals surface area contributed by atoms with Gasteiger partial charge in [0.15, 0.2) is 4.67 Å². The van der Waals surface area contributed by atoms with Crippen LogP contribution < -0.4 is 5.73 Å². The van der Waals surface area contributed by atoms with Crippen molar-refractivity contribution in [1.82, 2.24) is 4.90 Å². The normalized spacial score (nSPS) is 13.2. The number of unbranched alkanes of at least 4 members (excludes halogenated alkanes) is 2. The Labute approximate surface area is 119 Å². The Morgan fingerprint density at radius 1 is 1.22 bits per heavy atom. The molecular weight excluding hydrogens is 292 g/mol. The molecule has 0 bridgehead atoms. The van der Waals surface area contributed by atoms with Gasteiger partial charge in [0.05, 0.1) is 6.04 Å². The van der Waals surface area contributed by atoms with Crippen LogP contribution in [0.4, 0.5) is 0 Å². The van der Waals surface area contributed by atoms with Crippen molar-refractivity contribution in [1.29, 1.82) is 0 Å². The zero-order valence-corrected chi connectivity index (χ0v) is 13.1. The van der Waals surface area contributed by atoms with Gasteiger partial charge in [-0.15, -0.1) is 0 Å². The first-order chi connectivity index (χ1) is 8.72. The van der Waals surface area contributed by atoms with E-state index in [1.807, 2.05) is 12.1 Å². The van der Waals surface area contributed by atoms with Gasteiger partial charge < -0.3 is 10.2 Å². The van der Waals surface area contributed by atoms with Crippen LogP contribution in [0.25, 0.3) is 0 Å². The van der Waals surface area contributed by atoms with Gasteiger partial charge in [0.2, 0.25) is 0 Å². The lowest BCUT2D eigenvalue weighted by atomic mass is 10.1. The first-order valence-corrected chi connectivity index (χ1v) is 7.71. The Kier molecular flexibility index (Phi) is 7.63. The molecule has 1 aromatic heterocycles. The molecule has 0 aromatic carbocycles.